The summed E-state index contributed by atoms with van der Waals surface area (Å²) < 4.78 is 59.5. The topological polar surface area (TPSA) is 142 Å². The molecule has 42 heavy (non-hydrogen) atoms. The van der Waals surface area contributed by atoms with Crippen LogP contribution in [0.25, 0.3) is 0 Å². The smallest absolute Gasteiger partial charge is 0.471 e. The van der Waals surface area contributed by atoms with Crippen molar-refractivity contribution in [2.24, 2.45) is 0 Å². The normalized spacial score (nSPS) is 13.4. The maximum absolute atomic E-state index is 12.4. The minimum Gasteiger partial charge on any atom is -0.471 e. The highest BCUT2D eigenvalue weighted by molar-refractivity contribution is 6.03. The minimum atomic E-state index is -5.26. The predicted octanol–water partition coefficient (Wildman–Crippen LogP) is 3.04. The number of methoxy groups -OCH3 is 1. The number of carbonyl (C=O) groups is 2. The number of alkyl halides is 3. The monoisotopic (exact) mass is 591 g/mol. The molecular formula is C26H28F3N7O6. The molecule has 16 heteroatoms. The highest BCUT2D eigenvalue weighted by Gasteiger charge is 2.42. The van der Waals surface area contributed by atoms with Crippen molar-refractivity contribution in [2.45, 2.75) is 19.3 Å². The summed E-state index contributed by atoms with van der Waals surface area (Å²) in [5.74, 6) is -4.08. The third-order valence-electron chi connectivity index (χ3n) is 5.76. The Balaban J connectivity index is 1.45. The Morgan fingerprint density at radius 3 is 2.69 bits per heavy atom. The number of hydrogen-bond acceptors (Lipinski definition) is 11. The molecule has 1 aromatic carbocycles. The molecule has 1 fully saturated rings. The minimum absolute atomic E-state index is 0.0243. The molecule has 13 nitrogen and oxygen atoms in total. The number of esters is 1. The summed E-state index contributed by atoms with van der Waals surface area (Å²) >= 11 is 0. The Bertz CT molecular complexity index is 1410. The number of ether oxygens (including phenoxy) is 4. The molecule has 1 aliphatic rings. The highest BCUT2D eigenvalue weighted by atomic mass is 19.4. The number of halogens is 3. The van der Waals surface area contributed by atoms with Gasteiger partial charge in [0.05, 0.1) is 44.4 Å². The van der Waals surface area contributed by atoms with Crippen LogP contribution in [0.1, 0.15) is 5.56 Å². The third-order valence-corrected chi connectivity index (χ3v) is 5.76. The Kier molecular flexibility index (Phi) is 9.93. The van der Waals surface area contributed by atoms with Crippen LogP contribution < -0.4 is 20.3 Å². The van der Waals surface area contributed by atoms with Gasteiger partial charge in [-0.15, -0.1) is 0 Å². The number of rotatable bonds is 12. The molecule has 0 saturated carbocycles. The Hall–Kier alpha value is -4.70. The Morgan fingerprint density at radius 1 is 1.17 bits per heavy atom. The Labute approximate surface area is 238 Å². The Morgan fingerprint density at radius 2 is 1.95 bits per heavy atom. The number of aromatic nitrogens is 4. The second-order valence-corrected chi connectivity index (χ2v) is 8.85. The first-order valence-electron chi connectivity index (χ1n) is 12.6. The number of amides is 1. The molecule has 0 atom stereocenters. The zero-order valence-electron chi connectivity index (χ0n) is 22.5. The second kappa shape index (κ2) is 13.8. The molecule has 3 aromatic rings. The van der Waals surface area contributed by atoms with Gasteiger partial charge in [-0.25, -0.2) is 9.78 Å². The van der Waals surface area contributed by atoms with Gasteiger partial charge in [0.15, 0.2) is 5.76 Å². The SMILES string of the molecule is C=C(OC(=O)C(F)(F)F)C(=O)Nc1cccc(COc2nc(Nc3cnn(CCOC)c3)ncc2N2CCOCC2)c1. The van der Waals surface area contributed by atoms with Gasteiger partial charge in [0.25, 0.3) is 5.91 Å². The van der Waals surface area contributed by atoms with Crippen LogP contribution >= 0.6 is 0 Å². The molecule has 1 saturated heterocycles. The molecule has 0 aliphatic carbocycles. The van der Waals surface area contributed by atoms with E-state index in [4.69, 9.17) is 14.2 Å². The van der Waals surface area contributed by atoms with Gasteiger partial charge in [0.2, 0.25) is 11.8 Å². The quantitative estimate of drug-likeness (QED) is 0.182. The van der Waals surface area contributed by atoms with Crippen LogP contribution in [0.4, 0.5) is 36.2 Å². The molecule has 224 valence electrons. The summed E-state index contributed by atoms with van der Waals surface area (Å²) in [5, 5.41) is 9.70. The summed E-state index contributed by atoms with van der Waals surface area (Å²) in [5.41, 5.74) is 2.15. The zero-order chi connectivity index (χ0) is 30.1. The van der Waals surface area contributed by atoms with E-state index in [9.17, 15) is 22.8 Å². The van der Waals surface area contributed by atoms with Crippen LogP contribution in [-0.4, -0.2) is 77.8 Å². The van der Waals surface area contributed by atoms with Crippen molar-refractivity contribution in [1.29, 1.82) is 0 Å². The number of morpholine rings is 1. The number of nitrogens with one attached hydrogen (secondary N) is 2. The number of nitrogens with zero attached hydrogens (tertiary/aromatic N) is 5. The summed E-state index contributed by atoms with van der Waals surface area (Å²) in [6, 6.07) is 6.37. The number of anilines is 4. The molecule has 0 unspecified atom stereocenters. The molecule has 1 amide bonds. The molecule has 2 aromatic heterocycles. The second-order valence-electron chi connectivity index (χ2n) is 8.85. The molecule has 3 heterocycles. The van der Waals surface area contributed by atoms with Crippen molar-refractivity contribution in [3.63, 3.8) is 0 Å². The molecule has 1 aliphatic heterocycles. The van der Waals surface area contributed by atoms with Gasteiger partial charge in [0.1, 0.15) is 12.3 Å². The lowest BCUT2D eigenvalue weighted by Crippen LogP contribution is -2.36. The fraction of sp³-hybridized carbons (Fsp3) is 0.346. The summed E-state index contributed by atoms with van der Waals surface area (Å²) in [6.07, 6.45) is -0.190. The van der Waals surface area contributed by atoms with Crippen molar-refractivity contribution in [3.8, 4) is 5.88 Å². The number of carbonyl (C=O) groups excluding carboxylic acids is 2. The van der Waals surface area contributed by atoms with Gasteiger partial charge in [-0.1, -0.05) is 18.7 Å². The van der Waals surface area contributed by atoms with Crippen molar-refractivity contribution in [3.05, 3.63) is 60.8 Å². The molecule has 0 radical (unpaired) electrons. The zero-order valence-corrected chi connectivity index (χ0v) is 22.5. The van der Waals surface area contributed by atoms with E-state index in [2.05, 4.69) is 37.0 Å². The molecule has 2 N–H and O–H groups in total. The van der Waals surface area contributed by atoms with E-state index in [-0.39, 0.29) is 18.2 Å². The van der Waals surface area contributed by atoms with Gasteiger partial charge in [0, 0.05) is 32.1 Å². The van der Waals surface area contributed by atoms with Crippen LogP contribution in [0.5, 0.6) is 5.88 Å². The number of benzene rings is 1. The number of hydrogen-bond donors (Lipinski definition) is 2. The van der Waals surface area contributed by atoms with E-state index in [1.54, 1.807) is 48.6 Å². The average molecular weight is 592 g/mol. The standard InChI is InChI=1S/C26H28F3N7O6/c1-17(42-24(38)26(27,28)29)22(37)32-19-5-3-4-18(12-19)16-41-23-21(35-6-10-40-11-7-35)14-30-25(34-23)33-20-13-31-36(15-20)8-9-39-2/h3-5,12-15H,1,6-11,16H2,2H3,(H,32,37)(H,30,33,34). The van der Waals surface area contributed by atoms with Gasteiger partial charge >= 0.3 is 12.1 Å². The van der Waals surface area contributed by atoms with E-state index in [1.165, 1.54) is 6.07 Å². The predicted molar refractivity (Wildman–Crippen MR) is 143 cm³/mol. The average Bonchev–Trinajstić information content (AvgIpc) is 3.42. The van der Waals surface area contributed by atoms with Crippen molar-refractivity contribution >= 4 is 34.9 Å². The van der Waals surface area contributed by atoms with Crippen molar-refractivity contribution < 1.29 is 41.7 Å². The fourth-order valence-electron chi connectivity index (χ4n) is 3.72. The molecule has 0 bridgehead atoms. The van der Waals surface area contributed by atoms with E-state index >= 15 is 0 Å². The first kappa shape index (κ1) is 30.3. The van der Waals surface area contributed by atoms with Crippen LogP contribution in [0.2, 0.25) is 0 Å². The molecule has 0 spiro atoms. The lowest BCUT2D eigenvalue weighted by Gasteiger charge is -2.29. The first-order chi connectivity index (χ1) is 20.1. The lowest BCUT2D eigenvalue weighted by atomic mass is 10.2. The van der Waals surface area contributed by atoms with E-state index in [0.29, 0.717) is 62.3 Å². The van der Waals surface area contributed by atoms with Crippen LogP contribution in [0.15, 0.2) is 55.2 Å². The van der Waals surface area contributed by atoms with Crippen LogP contribution in [-0.2, 0) is 37.0 Å². The van der Waals surface area contributed by atoms with Crippen LogP contribution in [0, 0.1) is 0 Å². The first-order valence-corrected chi connectivity index (χ1v) is 12.6. The van der Waals surface area contributed by atoms with Crippen LogP contribution in [0.3, 0.4) is 0 Å². The lowest BCUT2D eigenvalue weighted by molar-refractivity contribution is -0.195. The van der Waals surface area contributed by atoms with E-state index in [1.807, 2.05) is 4.90 Å². The van der Waals surface area contributed by atoms with E-state index < -0.39 is 23.8 Å². The maximum atomic E-state index is 12.4. The van der Waals surface area contributed by atoms with Crippen molar-refractivity contribution in [2.75, 3.05) is 55.6 Å². The fourth-order valence-corrected chi connectivity index (χ4v) is 3.72. The molecular weight excluding hydrogens is 563 g/mol. The van der Waals surface area contributed by atoms with Gasteiger partial charge in [-0.05, 0) is 17.7 Å². The third kappa shape index (κ3) is 8.40. The van der Waals surface area contributed by atoms with Gasteiger partial charge in [-0.3, -0.25) is 9.48 Å². The molecule has 4 rings (SSSR count). The van der Waals surface area contributed by atoms with Gasteiger partial charge < -0.3 is 34.5 Å². The van der Waals surface area contributed by atoms with Crippen molar-refractivity contribution in [1.82, 2.24) is 19.7 Å². The highest BCUT2D eigenvalue weighted by Crippen LogP contribution is 2.29. The maximum Gasteiger partial charge on any atom is 0.491 e. The van der Waals surface area contributed by atoms with E-state index in [0.717, 1.165) is 0 Å². The summed E-state index contributed by atoms with van der Waals surface area (Å²) in [4.78, 5) is 34.2. The van der Waals surface area contributed by atoms with Gasteiger partial charge in [-0.2, -0.15) is 23.3 Å². The summed E-state index contributed by atoms with van der Waals surface area (Å²) in [6.45, 7) is 6.49. The largest absolute Gasteiger partial charge is 0.491 e. The summed E-state index contributed by atoms with van der Waals surface area (Å²) in [7, 11) is 1.61.